The highest BCUT2D eigenvalue weighted by atomic mass is 79.9. The fourth-order valence-electron chi connectivity index (χ4n) is 3.91. The van der Waals surface area contributed by atoms with Gasteiger partial charge in [-0.3, -0.25) is 19.3 Å². The van der Waals surface area contributed by atoms with Crippen molar-refractivity contribution in [2.75, 3.05) is 11.9 Å². The number of halogens is 1. The standard InChI is InChI=1S/C20H21BrN4O3/c21-13-6-7-15-16(12-13)20(28)24(19(15)27)11-9-18(26)23-17-8-10-22-25(17)14-4-2-1-3-5-14/h6-8,10,12,14H,1-5,9,11H2,(H,23,26). The van der Waals surface area contributed by atoms with Gasteiger partial charge in [-0.2, -0.15) is 5.10 Å². The first-order valence-electron chi connectivity index (χ1n) is 9.53. The Morgan fingerprint density at radius 2 is 1.86 bits per heavy atom. The Hall–Kier alpha value is -2.48. The summed E-state index contributed by atoms with van der Waals surface area (Å²) in [6, 6.07) is 7.09. The summed E-state index contributed by atoms with van der Waals surface area (Å²) in [4.78, 5) is 38.5. The molecule has 0 atom stereocenters. The molecule has 7 nitrogen and oxygen atoms in total. The van der Waals surface area contributed by atoms with Crippen LogP contribution in [0.1, 0.15) is 65.3 Å². The molecule has 28 heavy (non-hydrogen) atoms. The van der Waals surface area contributed by atoms with E-state index in [2.05, 4.69) is 26.3 Å². The van der Waals surface area contributed by atoms with Gasteiger partial charge >= 0.3 is 0 Å². The molecule has 3 amide bonds. The molecule has 1 N–H and O–H groups in total. The van der Waals surface area contributed by atoms with Crippen LogP contribution in [-0.2, 0) is 4.79 Å². The van der Waals surface area contributed by atoms with Gasteiger partial charge in [0, 0.05) is 23.5 Å². The van der Waals surface area contributed by atoms with Gasteiger partial charge in [-0.25, -0.2) is 4.68 Å². The second-order valence-electron chi connectivity index (χ2n) is 7.20. The Bertz CT molecular complexity index is 933. The van der Waals surface area contributed by atoms with Crippen LogP contribution in [-0.4, -0.2) is 38.9 Å². The zero-order chi connectivity index (χ0) is 19.7. The zero-order valence-electron chi connectivity index (χ0n) is 15.4. The van der Waals surface area contributed by atoms with Crippen molar-refractivity contribution < 1.29 is 14.4 Å². The molecule has 1 fully saturated rings. The van der Waals surface area contributed by atoms with Crippen molar-refractivity contribution in [3.8, 4) is 0 Å². The predicted octanol–water partition coefficient (Wildman–Crippen LogP) is 3.78. The molecule has 2 aliphatic rings. The van der Waals surface area contributed by atoms with E-state index >= 15 is 0 Å². The van der Waals surface area contributed by atoms with Gasteiger partial charge in [0.15, 0.2) is 0 Å². The summed E-state index contributed by atoms with van der Waals surface area (Å²) in [6.45, 7) is 0.0490. The number of aromatic nitrogens is 2. The molecule has 0 bridgehead atoms. The van der Waals surface area contributed by atoms with Crippen molar-refractivity contribution in [1.82, 2.24) is 14.7 Å². The molecule has 1 aliphatic heterocycles. The van der Waals surface area contributed by atoms with E-state index in [1.807, 2.05) is 4.68 Å². The van der Waals surface area contributed by atoms with E-state index in [1.54, 1.807) is 30.5 Å². The number of carbonyl (C=O) groups excluding carboxylic acids is 3. The summed E-state index contributed by atoms with van der Waals surface area (Å²) in [5.74, 6) is -0.285. The number of rotatable bonds is 5. The summed E-state index contributed by atoms with van der Waals surface area (Å²) in [5.41, 5.74) is 0.749. The van der Waals surface area contributed by atoms with Crippen LogP contribution in [0.5, 0.6) is 0 Å². The lowest BCUT2D eigenvalue weighted by atomic mass is 9.96. The molecule has 146 valence electrons. The smallest absolute Gasteiger partial charge is 0.261 e. The van der Waals surface area contributed by atoms with Crippen molar-refractivity contribution in [2.45, 2.75) is 44.6 Å². The second kappa shape index (κ2) is 7.87. The molecule has 1 aliphatic carbocycles. The Labute approximate surface area is 171 Å². The Balaban J connectivity index is 1.38. The number of benzene rings is 1. The first-order valence-corrected chi connectivity index (χ1v) is 10.3. The van der Waals surface area contributed by atoms with Crippen molar-refractivity contribution in [3.63, 3.8) is 0 Å². The number of nitrogens with one attached hydrogen (secondary N) is 1. The van der Waals surface area contributed by atoms with Crippen LogP contribution in [0.15, 0.2) is 34.9 Å². The van der Waals surface area contributed by atoms with Gasteiger partial charge in [-0.1, -0.05) is 35.2 Å². The molecule has 2 aromatic rings. The van der Waals surface area contributed by atoms with E-state index in [0.717, 1.165) is 22.2 Å². The predicted molar refractivity (Wildman–Crippen MR) is 107 cm³/mol. The van der Waals surface area contributed by atoms with Crippen LogP contribution < -0.4 is 5.32 Å². The Morgan fingerprint density at radius 1 is 1.11 bits per heavy atom. The van der Waals surface area contributed by atoms with E-state index in [-0.39, 0.29) is 30.7 Å². The molecular formula is C20H21BrN4O3. The number of nitrogens with zero attached hydrogens (tertiary/aromatic N) is 3. The monoisotopic (exact) mass is 444 g/mol. The largest absolute Gasteiger partial charge is 0.311 e. The van der Waals surface area contributed by atoms with Crippen LogP contribution in [0.3, 0.4) is 0 Å². The highest BCUT2D eigenvalue weighted by molar-refractivity contribution is 9.10. The van der Waals surface area contributed by atoms with Crippen LogP contribution in [0.4, 0.5) is 5.82 Å². The third-order valence-electron chi connectivity index (χ3n) is 5.35. The molecule has 2 heterocycles. The first-order chi connectivity index (χ1) is 13.5. The molecule has 8 heteroatoms. The van der Waals surface area contributed by atoms with Gasteiger partial charge in [0.2, 0.25) is 5.91 Å². The zero-order valence-corrected chi connectivity index (χ0v) is 16.9. The molecule has 0 unspecified atom stereocenters. The van der Waals surface area contributed by atoms with Crippen molar-refractivity contribution in [3.05, 3.63) is 46.1 Å². The summed E-state index contributed by atoms with van der Waals surface area (Å²) in [7, 11) is 0. The Kier molecular flexibility index (Phi) is 5.30. The fourth-order valence-corrected chi connectivity index (χ4v) is 4.28. The van der Waals surface area contributed by atoms with Gasteiger partial charge in [-0.15, -0.1) is 0 Å². The highest BCUT2D eigenvalue weighted by Crippen LogP contribution is 2.30. The third-order valence-corrected chi connectivity index (χ3v) is 5.85. The van der Waals surface area contributed by atoms with E-state index in [1.165, 1.54) is 19.3 Å². The third kappa shape index (κ3) is 3.61. The molecule has 1 saturated carbocycles. The fraction of sp³-hybridized carbons (Fsp3) is 0.400. The minimum absolute atomic E-state index is 0.0441. The molecule has 0 radical (unpaired) electrons. The van der Waals surface area contributed by atoms with Gasteiger partial charge in [-0.05, 0) is 31.0 Å². The quantitative estimate of drug-likeness (QED) is 0.711. The second-order valence-corrected chi connectivity index (χ2v) is 8.12. The molecule has 1 aromatic heterocycles. The maximum absolute atomic E-state index is 12.5. The summed E-state index contributed by atoms with van der Waals surface area (Å²) in [6.07, 6.45) is 7.46. The summed E-state index contributed by atoms with van der Waals surface area (Å²) in [5, 5.41) is 7.25. The van der Waals surface area contributed by atoms with Crippen LogP contribution in [0.2, 0.25) is 0 Å². The van der Waals surface area contributed by atoms with Gasteiger partial charge in [0.25, 0.3) is 11.8 Å². The van der Waals surface area contributed by atoms with Gasteiger partial charge < -0.3 is 5.32 Å². The molecule has 0 spiro atoms. The number of hydrogen-bond donors (Lipinski definition) is 1. The lowest BCUT2D eigenvalue weighted by Gasteiger charge is -2.24. The number of hydrogen-bond acceptors (Lipinski definition) is 4. The number of carbonyl (C=O) groups is 3. The van der Waals surface area contributed by atoms with Crippen molar-refractivity contribution >= 4 is 39.5 Å². The van der Waals surface area contributed by atoms with Crippen molar-refractivity contribution in [1.29, 1.82) is 0 Å². The van der Waals surface area contributed by atoms with E-state index in [0.29, 0.717) is 23.0 Å². The van der Waals surface area contributed by atoms with Crippen LogP contribution in [0.25, 0.3) is 0 Å². The molecule has 4 rings (SSSR count). The number of anilines is 1. The number of fused-ring (bicyclic) bond motifs is 1. The van der Waals surface area contributed by atoms with E-state index in [9.17, 15) is 14.4 Å². The SMILES string of the molecule is O=C(CCN1C(=O)c2ccc(Br)cc2C1=O)Nc1ccnn1C1CCCCC1. The maximum Gasteiger partial charge on any atom is 0.261 e. The topological polar surface area (TPSA) is 84.3 Å². The lowest BCUT2D eigenvalue weighted by molar-refractivity contribution is -0.116. The molecule has 0 saturated heterocycles. The number of imide groups is 1. The number of amides is 3. The van der Waals surface area contributed by atoms with Crippen LogP contribution in [0, 0.1) is 0 Å². The van der Waals surface area contributed by atoms with Crippen molar-refractivity contribution in [2.24, 2.45) is 0 Å². The molecule has 1 aromatic carbocycles. The summed E-state index contributed by atoms with van der Waals surface area (Å²) >= 11 is 3.31. The normalized spacial score (nSPS) is 17.1. The summed E-state index contributed by atoms with van der Waals surface area (Å²) < 4.78 is 2.62. The minimum Gasteiger partial charge on any atom is -0.311 e. The minimum atomic E-state index is -0.360. The molecular weight excluding hydrogens is 424 g/mol. The van der Waals surface area contributed by atoms with E-state index in [4.69, 9.17) is 0 Å². The van der Waals surface area contributed by atoms with E-state index < -0.39 is 0 Å². The van der Waals surface area contributed by atoms with Gasteiger partial charge in [0.1, 0.15) is 5.82 Å². The highest BCUT2D eigenvalue weighted by Gasteiger charge is 2.35. The first kappa shape index (κ1) is 18.9. The van der Waals surface area contributed by atoms with Crippen LogP contribution >= 0.6 is 15.9 Å². The average molecular weight is 445 g/mol. The Morgan fingerprint density at radius 3 is 2.64 bits per heavy atom. The average Bonchev–Trinajstić information content (AvgIpc) is 3.24. The lowest BCUT2D eigenvalue weighted by Crippen LogP contribution is -2.33. The maximum atomic E-state index is 12.5. The van der Waals surface area contributed by atoms with Gasteiger partial charge in [0.05, 0.1) is 23.4 Å².